The zero-order valence-corrected chi connectivity index (χ0v) is 22.1. The zero-order valence-electron chi connectivity index (χ0n) is 19.8. The van der Waals surface area contributed by atoms with E-state index in [1.165, 1.54) is 5.56 Å². The molecule has 0 radical (unpaired) electrons. The van der Waals surface area contributed by atoms with Gasteiger partial charge >= 0.3 is 0 Å². The Morgan fingerprint density at radius 3 is 2.60 bits per heavy atom. The number of fused-ring (bicyclic) bond motifs is 1. The Balaban J connectivity index is 1.55. The summed E-state index contributed by atoms with van der Waals surface area (Å²) in [5.74, 6) is -0.0465. The number of nitrogens with two attached hydrogens (primary N) is 1. The molecule has 184 valence electrons. The van der Waals surface area contributed by atoms with Gasteiger partial charge in [-0.05, 0) is 59.9 Å². The van der Waals surface area contributed by atoms with Crippen LogP contribution in [0, 0.1) is 0 Å². The number of carbonyl (C=O) groups excluding carboxylic acids is 1. The fraction of sp³-hybridized carbons (Fsp3) is 0.321. The minimum absolute atomic E-state index is 0.0465. The van der Waals surface area contributed by atoms with Gasteiger partial charge in [-0.3, -0.25) is 9.69 Å². The summed E-state index contributed by atoms with van der Waals surface area (Å²) in [7, 11) is 0. The molecule has 0 spiro atoms. The molecule has 3 N–H and O–H groups in total. The monoisotopic (exact) mass is 554 g/mol. The number of nitrogens with zero attached hydrogens (tertiary/aromatic N) is 2. The van der Waals surface area contributed by atoms with E-state index in [1.54, 1.807) is 0 Å². The van der Waals surface area contributed by atoms with Crippen LogP contribution in [0.25, 0.3) is 0 Å². The first-order chi connectivity index (χ1) is 17.0. The summed E-state index contributed by atoms with van der Waals surface area (Å²) in [5, 5.41) is 4.23. The molecule has 0 unspecified atom stereocenters. The molecular weight excluding hydrogens is 524 g/mol. The van der Waals surface area contributed by atoms with Gasteiger partial charge in [0.05, 0.1) is 6.04 Å². The lowest BCUT2D eigenvalue weighted by molar-refractivity contribution is -0.133. The Hall–Kier alpha value is -2.38. The van der Waals surface area contributed by atoms with Gasteiger partial charge in [0.15, 0.2) is 0 Å². The molecule has 3 aromatic rings. The summed E-state index contributed by atoms with van der Waals surface area (Å²) in [6.07, 6.45) is 1.47. The van der Waals surface area contributed by atoms with Crippen LogP contribution in [0.2, 0.25) is 5.02 Å². The minimum Gasteiger partial charge on any atom is -0.385 e. The molecule has 1 atom stereocenters. The normalized spacial score (nSPS) is 16.0. The van der Waals surface area contributed by atoms with Gasteiger partial charge in [-0.1, -0.05) is 70.0 Å². The van der Waals surface area contributed by atoms with Crippen LogP contribution < -0.4 is 11.1 Å². The van der Waals surface area contributed by atoms with E-state index in [-0.39, 0.29) is 5.91 Å². The first-order valence-electron chi connectivity index (χ1n) is 12.1. The van der Waals surface area contributed by atoms with E-state index >= 15 is 0 Å². The van der Waals surface area contributed by atoms with Gasteiger partial charge in [-0.15, -0.1) is 0 Å². The fourth-order valence-electron chi connectivity index (χ4n) is 4.48. The van der Waals surface area contributed by atoms with Gasteiger partial charge in [-0.2, -0.15) is 0 Å². The molecule has 3 aromatic carbocycles. The molecule has 0 fully saturated rings. The third-order valence-electron chi connectivity index (χ3n) is 6.30. The Kier molecular flexibility index (Phi) is 9.21. The van der Waals surface area contributed by atoms with E-state index in [4.69, 9.17) is 17.3 Å². The molecular formula is C28H32BrClN4O. The number of benzene rings is 3. The van der Waals surface area contributed by atoms with Crippen molar-refractivity contribution in [2.45, 2.75) is 32.0 Å². The summed E-state index contributed by atoms with van der Waals surface area (Å²) in [4.78, 5) is 17.9. The Bertz CT molecular complexity index is 1130. The number of hydrogen-bond acceptors (Lipinski definition) is 4. The van der Waals surface area contributed by atoms with Crippen molar-refractivity contribution in [3.63, 3.8) is 0 Å². The fourth-order valence-corrected chi connectivity index (χ4v) is 5.10. The lowest BCUT2D eigenvalue weighted by atomic mass is 10.0. The van der Waals surface area contributed by atoms with Crippen LogP contribution in [0.5, 0.6) is 0 Å². The average molecular weight is 556 g/mol. The lowest BCUT2D eigenvalue weighted by Gasteiger charge is -2.29. The number of anilines is 1. The first-order valence-corrected chi connectivity index (χ1v) is 13.2. The molecule has 1 aliphatic rings. The summed E-state index contributed by atoms with van der Waals surface area (Å²) < 4.78 is 0.995. The lowest BCUT2D eigenvalue weighted by Crippen LogP contribution is -2.47. The second-order valence-electron chi connectivity index (χ2n) is 9.04. The Labute approximate surface area is 221 Å². The molecule has 35 heavy (non-hydrogen) atoms. The SMILES string of the molecule is N[C@@H](Cc1cccc(Cl)c1)C(=O)N1CCN(Cc2ccccc2)CCCNc2ccc(Br)cc2C1. The molecule has 0 bridgehead atoms. The zero-order chi connectivity index (χ0) is 24.6. The third kappa shape index (κ3) is 7.55. The molecule has 0 saturated heterocycles. The maximum Gasteiger partial charge on any atom is 0.240 e. The van der Waals surface area contributed by atoms with Gasteiger partial charge in [0.2, 0.25) is 5.91 Å². The predicted octanol–water partition coefficient (Wildman–Crippen LogP) is 5.32. The van der Waals surface area contributed by atoms with Gasteiger partial charge in [0.25, 0.3) is 0 Å². The summed E-state index contributed by atoms with van der Waals surface area (Å²) in [5.41, 5.74) is 10.8. The van der Waals surface area contributed by atoms with Crippen molar-refractivity contribution < 1.29 is 4.79 Å². The Morgan fingerprint density at radius 1 is 1.00 bits per heavy atom. The second kappa shape index (κ2) is 12.5. The second-order valence-corrected chi connectivity index (χ2v) is 10.4. The molecule has 0 aromatic heterocycles. The number of hydrogen-bond donors (Lipinski definition) is 2. The van der Waals surface area contributed by atoms with Crippen LogP contribution >= 0.6 is 27.5 Å². The topological polar surface area (TPSA) is 61.6 Å². The molecule has 1 amide bonds. The quantitative estimate of drug-likeness (QED) is 0.447. The van der Waals surface area contributed by atoms with E-state index in [0.717, 1.165) is 53.9 Å². The number of amides is 1. The van der Waals surface area contributed by atoms with Crippen molar-refractivity contribution in [2.24, 2.45) is 5.73 Å². The number of carbonyl (C=O) groups is 1. The van der Waals surface area contributed by atoms with Gasteiger partial charge in [0, 0.05) is 54.5 Å². The van der Waals surface area contributed by atoms with Crippen molar-refractivity contribution in [1.82, 2.24) is 9.80 Å². The van der Waals surface area contributed by atoms with Gasteiger partial charge in [0.1, 0.15) is 0 Å². The maximum absolute atomic E-state index is 13.6. The van der Waals surface area contributed by atoms with Crippen molar-refractivity contribution in [3.05, 3.63) is 99.0 Å². The standard InChI is InChI=1S/C28H32BrClN4O/c29-24-10-11-27-23(18-24)20-34(28(35)26(31)17-22-8-4-9-25(30)16-22)15-14-33(13-5-12-32-27)19-21-6-2-1-3-7-21/h1-4,6-11,16,18,26,32H,5,12-15,17,19-20,31H2/t26-/m0/s1. The summed E-state index contributed by atoms with van der Waals surface area (Å²) in [6, 6.07) is 23.6. The molecule has 1 heterocycles. The van der Waals surface area contributed by atoms with E-state index in [2.05, 4.69) is 62.5 Å². The van der Waals surface area contributed by atoms with Crippen LogP contribution in [0.1, 0.15) is 23.1 Å². The predicted molar refractivity (Wildman–Crippen MR) is 148 cm³/mol. The van der Waals surface area contributed by atoms with Crippen LogP contribution in [0.3, 0.4) is 0 Å². The van der Waals surface area contributed by atoms with Crippen molar-refractivity contribution >= 4 is 39.1 Å². The maximum atomic E-state index is 13.6. The first kappa shape index (κ1) is 25.7. The summed E-state index contributed by atoms with van der Waals surface area (Å²) >= 11 is 9.74. The van der Waals surface area contributed by atoms with E-state index < -0.39 is 6.04 Å². The number of halogens is 2. The van der Waals surface area contributed by atoms with Crippen LogP contribution in [0.4, 0.5) is 5.69 Å². The smallest absolute Gasteiger partial charge is 0.240 e. The van der Waals surface area contributed by atoms with E-state index in [0.29, 0.717) is 24.5 Å². The molecule has 7 heteroatoms. The average Bonchev–Trinajstić information content (AvgIpc) is 2.88. The van der Waals surface area contributed by atoms with E-state index in [1.807, 2.05) is 41.3 Å². The highest BCUT2D eigenvalue weighted by atomic mass is 79.9. The van der Waals surface area contributed by atoms with Crippen LogP contribution in [0.15, 0.2) is 77.3 Å². The largest absolute Gasteiger partial charge is 0.385 e. The van der Waals surface area contributed by atoms with Crippen LogP contribution in [-0.2, 0) is 24.3 Å². The highest BCUT2D eigenvalue weighted by Crippen LogP contribution is 2.24. The molecule has 1 aliphatic heterocycles. The third-order valence-corrected chi connectivity index (χ3v) is 7.03. The highest BCUT2D eigenvalue weighted by Gasteiger charge is 2.24. The molecule has 0 aliphatic carbocycles. The number of rotatable bonds is 5. The Morgan fingerprint density at radius 2 is 1.80 bits per heavy atom. The molecule has 0 saturated carbocycles. The summed E-state index contributed by atoms with van der Waals surface area (Å²) in [6.45, 7) is 4.58. The van der Waals surface area contributed by atoms with Crippen molar-refractivity contribution in [1.29, 1.82) is 0 Å². The highest BCUT2D eigenvalue weighted by molar-refractivity contribution is 9.10. The van der Waals surface area contributed by atoms with Crippen LogP contribution in [-0.4, -0.2) is 47.9 Å². The van der Waals surface area contributed by atoms with Crippen molar-refractivity contribution in [3.8, 4) is 0 Å². The molecule has 5 nitrogen and oxygen atoms in total. The van der Waals surface area contributed by atoms with Gasteiger partial charge < -0.3 is 16.0 Å². The minimum atomic E-state index is -0.635. The molecule has 4 rings (SSSR count). The van der Waals surface area contributed by atoms with Crippen molar-refractivity contribution in [2.75, 3.05) is 31.5 Å². The van der Waals surface area contributed by atoms with E-state index in [9.17, 15) is 4.79 Å². The number of nitrogens with one attached hydrogen (secondary N) is 1. The van der Waals surface area contributed by atoms with Gasteiger partial charge in [-0.25, -0.2) is 0 Å².